The highest BCUT2D eigenvalue weighted by Gasteiger charge is 2.03. The molecular weight excluding hydrogens is 346 g/mol. The predicted octanol–water partition coefficient (Wildman–Crippen LogP) is 7.02. The summed E-state index contributed by atoms with van der Waals surface area (Å²) in [6.07, 6.45) is 24.1. The van der Waals surface area contributed by atoms with E-state index in [-0.39, 0.29) is 6.10 Å². The second kappa shape index (κ2) is 24.9. The molecule has 0 aromatic rings. The number of aliphatic hydroxyl groups is 1. The van der Waals surface area contributed by atoms with E-state index in [4.69, 9.17) is 4.74 Å². The number of ether oxygens (including phenoxy) is 1. The van der Waals surface area contributed by atoms with Crippen molar-refractivity contribution in [3.63, 3.8) is 0 Å². The topological polar surface area (TPSA) is 41.5 Å². The number of rotatable bonds is 24. The molecule has 0 rings (SSSR count). The Kier molecular flexibility index (Phi) is 24.8. The molecule has 0 saturated heterocycles. The van der Waals surface area contributed by atoms with E-state index in [1.165, 1.54) is 109 Å². The quantitative estimate of drug-likeness (QED) is 0.171. The van der Waals surface area contributed by atoms with Crippen LogP contribution in [0.15, 0.2) is 0 Å². The van der Waals surface area contributed by atoms with E-state index in [1.54, 1.807) is 0 Å². The van der Waals surface area contributed by atoms with Crippen LogP contribution < -0.4 is 5.32 Å². The van der Waals surface area contributed by atoms with Crippen LogP contribution in [0.3, 0.4) is 0 Å². The van der Waals surface area contributed by atoms with Crippen molar-refractivity contribution in [2.24, 2.45) is 0 Å². The van der Waals surface area contributed by atoms with E-state index in [0.29, 0.717) is 13.2 Å². The summed E-state index contributed by atoms with van der Waals surface area (Å²) in [5.74, 6) is 0. The molecule has 0 aromatic carbocycles. The maximum absolute atomic E-state index is 9.88. The van der Waals surface area contributed by atoms with Crippen molar-refractivity contribution in [1.82, 2.24) is 5.32 Å². The fraction of sp³-hybridized carbons (Fsp3) is 1.00. The molecule has 1 unspecified atom stereocenters. The summed E-state index contributed by atoms with van der Waals surface area (Å²) in [6.45, 7) is 7.44. The number of unbranched alkanes of at least 4 members (excludes halogenated alkanes) is 16. The van der Waals surface area contributed by atoms with Gasteiger partial charge in [0.15, 0.2) is 0 Å². The van der Waals surface area contributed by atoms with Crippen molar-refractivity contribution in [3.05, 3.63) is 0 Å². The van der Waals surface area contributed by atoms with Gasteiger partial charge in [-0.15, -0.1) is 0 Å². The van der Waals surface area contributed by atoms with Crippen LogP contribution in [0.2, 0.25) is 0 Å². The van der Waals surface area contributed by atoms with E-state index in [0.717, 1.165) is 19.6 Å². The van der Waals surface area contributed by atoms with Gasteiger partial charge in [0.05, 0.1) is 12.7 Å². The van der Waals surface area contributed by atoms with Gasteiger partial charge in [0.1, 0.15) is 0 Å². The Labute approximate surface area is 177 Å². The lowest BCUT2D eigenvalue weighted by Crippen LogP contribution is -2.31. The van der Waals surface area contributed by atoms with Gasteiger partial charge in [-0.05, 0) is 19.4 Å². The molecule has 0 bridgehead atoms. The third-order valence-electron chi connectivity index (χ3n) is 5.54. The molecule has 0 aliphatic heterocycles. The second-order valence-electron chi connectivity index (χ2n) is 8.59. The first kappa shape index (κ1) is 27.9. The molecule has 0 spiro atoms. The molecule has 0 aliphatic carbocycles. The molecule has 0 fully saturated rings. The molecule has 1 atom stereocenters. The van der Waals surface area contributed by atoms with Crippen LogP contribution in [0.5, 0.6) is 0 Å². The minimum absolute atomic E-state index is 0.363. The number of aliphatic hydroxyl groups excluding tert-OH is 1. The lowest BCUT2D eigenvalue weighted by Gasteiger charge is -2.12. The third kappa shape index (κ3) is 23.9. The maximum Gasteiger partial charge on any atom is 0.0897 e. The zero-order valence-corrected chi connectivity index (χ0v) is 19.5. The van der Waals surface area contributed by atoms with Crippen molar-refractivity contribution in [2.45, 2.75) is 136 Å². The monoisotopic (exact) mass is 399 g/mol. The SMILES string of the molecule is CCCCCCCCCCCCCCCCNCC(O)COCCCCCC. The standard InChI is InChI=1S/C25H53NO2/c1-3-5-7-9-10-11-12-13-14-15-16-17-18-19-21-26-23-25(27)24-28-22-20-8-6-4-2/h25-27H,3-24H2,1-2H3. The molecule has 2 N–H and O–H groups in total. The zero-order chi connectivity index (χ0) is 20.5. The average molecular weight is 400 g/mol. The van der Waals surface area contributed by atoms with Crippen LogP contribution in [0.25, 0.3) is 0 Å². The van der Waals surface area contributed by atoms with Gasteiger partial charge in [-0.2, -0.15) is 0 Å². The fourth-order valence-corrected chi connectivity index (χ4v) is 3.62. The summed E-state index contributed by atoms with van der Waals surface area (Å²) < 4.78 is 5.53. The summed E-state index contributed by atoms with van der Waals surface area (Å²) >= 11 is 0. The van der Waals surface area contributed by atoms with Crippen molar-refractivity contribution >= 4 is 0 Å². The zero-order valence-electron chi connectivity index (χ0n) is 19.5. The van der Waals surface area contributed by atoms with Crippen LogP contribution in [-0.4, -0.2) is 37.5 Å². The summed E-state index contributed by atoms with van der Waals surface area (Å²) in [6, 6.07) is 0. The lowest BCUT2D eigenvalue weighted by atomic mass is 10.0. The minimum atomic E-state index is -0.363. The first-order valence-corrected chi connectivity index (χ1v) is 12.8. The molecule has 0 aliphatic rings. The van der Waals surface area contributed by atoms with Gasteiger partial charge in [-0.25, -0.2) is 0 Å². The van der Waals surface area contributed by atoms with Crippen molar-refractivity contribution in [2.75, 3.05) is 26.3 Å². The first-order valence-electron chi connectivity index (χ1n) is 12.8. The molecule has 0 radical (unpaired) electrons. The van der Waals surface area contributed by atoms with Gasteiger partial charge in [0, 0.05) is 13.2 Å². The average Bonchev–Trinajstić information content (AvgIpc) is 2.70. The molecule has 170 valence electrons. The predicted molar refractivity (Wildman–Crippen MR) is 124 cm³/mol. The van der Waals surface area contributed by atoms with E-state index >= 15 is 0 Å². The number of nitrogens with one attached hydrogen (secondary N) is 1. The molecule has 28 heavy (non-hydrogen) atoms. The van der Waals surface area contributed by atoms with Crippen LogP contribution in [-0.2, 0) is 4.74 Å². The number of hydrogen-bond donors (Lipinski definition) is 2. The Hall–Kier alpha value is -0.120. The van der Waals surface area contributed by atoms with Gasteiger partial charge in [-0.1, -0.05) is 117 Å². The molecule has 0 heterocycles. The third-order valence-corrected chi connectivity index (χ3v) is 5.54. The Morgan fingerprint density at radius 2 is 1.04 bits per heavy atom. The summed E-state index contributed by atoms with van der Waals surface area (Å²) in [5, 5.41) is 13.2. The van der Waals surface area contributed by atoms with Crippen molar-refractivity contribution in [3.8, 4) is 0 Å². The van der Waals surface area contributed by atoms with Crippen LogP contribution in [0.1, 0.15) is 129 Å². The highest BCUT2D eigenvalue weighted by Crippen LogP contribution is 2.12. The molecule has 3 nitrogen and oxygen atoms in total. The summed E-state index contributed by atoms with van der Waals surface area (Å²) in [5.41, 5.74) is 0. The smallest absolute Gasteiger partial charge is 0.0897 e. The van der Waals surface area contributed by atoms with Crippen molar-refractivity contribution in [1.29, 1.82) is 0 Å². The van der Waals surface area contributed by atoms with E-state index in [1.807, 2.05) is 0 Å². The van der Waals surface area contributed by atoms with Gasteiger partial charge >= 0.3 is 0 Å². The molecule has 0 saturated carbocycles. The largest absolute Gasteiger partial charge is 0.389 e. The lowest BCUT2D eigenvalue weighted by molar-refractivity contribution is 0.0355. The maximum atomic E-state index is 9.88. The Bertz CT molecular complexity index is 273. The van der Waals surface area contributed by atoms with Crippen molar-refractivity contribution < 1.29 is 9.84 Å². The Morgan fingerprint density at radius 1 is 0.607 bits per heavy atom. The first-order chi connectivity index (χ1) is 13.8. The molecule has 0 amide bonds. The van der Waals surface area contributed by atoms with Gasteiger partial charge < -0.3 is 15.2 Å². The molecular formula is C25H53NO2. The van der Waals surface area contributed by atoms with Gasteiger partial charge in [0.2, 0.25) is 0 Å². The highest BCUT2D eigenvalue weighted by atomic mass is 16.5. The fourth-order valence-electron chi connectivity index (χ4n) is 3.62. The van der Waals surface area contributed by atoms with E-state index < -0.39 is 0 Å². The van der Waals surface area contributed by atoms with E-state index in [9.17, 15) is 5.11 Å². The molecule has 3 heteroatoms. The van der Waals surface area contributed by atoms with Gasteiger partial charge in [0.25, 0.3) is 0 Å². The van der Waals surface area contributed by atoms with Crippen LogP contribution in [0.4, 0.5) is 0 Å². The van der Waals surface area contributed by atoms with Gasteiger partial charge in [-0.3, -0.25) is 0 Å². The number of hydrogen-bond acceptors (Lipinski definition) is 3. The second-order valence-corrected chi connectivity index (χ2v) is 8.59. The van der Waals surface area contributed by atoms with Crippen LogP contribution >= 0.6 is 0 Å². The highest BCUT2D eigenvalue weighted by molar-refractivity contribution is 4.59. The Balaban J connectivity index is 3.09. The minimum Gasteiger partial charge on any atom is -0.389 e. The summed E-state index contributed by atoms with van der Waals surface area (Å²) in [4.78, 5) is 0. The summed E-state index contributed by atoms with van der Waals surface area (Å²) in [7, 11) is 0. The normalized spacial score (nSPS) is 12.5. The molecule has 0 aromatic heterocycles. The van der Waals surface area contributed by atoms with Crippen LogP contribution in [0, 0.1) is 0 Å². The Morgan fingerprint density at radius 3 is 1.54 bits per heavy atom. The van der Waals surface area contributed by atoms with E-state index in [2.05, 4.69) is 19.2 Å².